The summed E-state index contributed by atoms with van der Waals surface area (Å²) in [7, 11) is 0. The molecule has 1 heterocycles. The maximum Gasteiger partial charge on any atom is 0.333 e. The molecule has 0 aliphatic heterocycles. The maximum atomic E-state index is 11.2. The molecule has 1 fully saturated rings. The molecular weight excluding hydrogens is 256 g/mol. The Morgan fingerprint density at radius 3 is 2.65 bits per heavy atom. The summed E-state index contributed by atoms with van der Waals surface area (Å²) in [5, 5.41) is 18.9. The van der Waals surface area contributed by atoms with Crippen molar-refractivity contribution < 1.29 is 4.92 Å². The summed E-state index contributed by atoms with van der Waals surface area (Å²) in [6.45, 7) is 8.82. The van der Waals surface area contributed by atoms with E-state index in [4.69, 9.17) is 0 Å². The molecule has 1 saturated carbocycles. The minimum Gasteiger partial charge on any atom is -0.362 e. The second-order valence-electron chi connectivity index (χ2n) is 5.96. The van der Waals surface area contributed by atoms with Crippen molar-refractivity contribution in [3.05, 3.63) is 15.8 Å². The Morgan fingerprint density at radius 2 is 2.10 bits per heavy atom. The summed E-state index contributed by atoms with van der Waals surface area (Å²) in [4.78, 5) is 10.9. The van der Waals surface area contributed by atoms with Crippen LogP contribution in [0.1, 0.15) is 45.7 Å². The van der Waals surface area contributed by atoms with Crippen molar-refractivity contribution in [2.75, 3.05) is 5.32 Å². The first-order valence-corrected chi connectivity index (χ1v) is 7.42. The van der Waals surface area contributed by atoms with Crippen molar-refractivity contribution in [3.63, 3.8) is 0 Å². The first-order valence-electron chi connectivity index (χ1n) is 7.42. The zero-order valence-electron chi connectivity index (χ0n) is 12.7. The van der Waals surface area contributed by atoms with Gasteiger partial charge in [-0.05, 0) is 44.9 Å². The van der Waals surface area contributed by atoms with Crippen LogP contribution in [-0.2, 0) is 6.54 Å². The minimum atomic E-state index is -0.328. The lowest BCUT2D eigenvalue weighted by Crippen LogP contribution is -2.31. The van der Waals surface area contributed by atoms with Crippen LogP contribution in [0.5, 0.6) is 0 Å². The molecule has 3 unspecified atom stereocenters. The van der Waals surface area contributed by atoms with Gasteiger partial charge >= 0.3 is 5.69 Å². The van der Waals surface area contributed by atoms with Gasteiger partial charge in [0.25, 0.3) is 0 Å². The standard InChI is InChI=1S/C14H24N4O2/c1-5-17-14(13(18(19)20)11(4)16-17)15-12-7-6-9(2)10(3)8-12/h9-10,12,15H,5-8H2,1-4H3. The third-order valence-electron chi connectivity index (χ3n) is 4.52. The number of hydrogen-bond acceptors (Lipinski definition) is 4. The molecule has 1 aromatic heterocycles. The predicted octanol–water partition coefficient (Wildman–Crippen LogP) is 3.36. The Bertz CT molecular complexity index is 498. The average molecular weight is 280 g/mol. The molecule has 0 bridgehead atoms. The molecule has 2 rings (SSSR count). The zero-order valence-corrected chi connectivity index (χ0v) is 12.7. The van der Waals surface area contributed by atoms with E-state index in [1.54, 1.807) is 11.6 Å². The van der Waals surface area contributed by atoms with Crippen LogP contribution in [-0.4, -0.2) is 20.7 Å². The topological polar surface area (TPSA) is 73.0 Å². The second kappa shape index (κ2) is 5.81. The molecule has 112 valence electrons. The summed E-state index contributed by atoms with van der Waals surface area (Å²) in [6, 6.07) is 0.307. The largest absolute Gasteiger partial charge is 0.362 e. The van der Waals surface area contributed by atoms with Crippen molar-refractivity contribution in [1.82, 2.24) is 9.78 Å². The highest BCUT2D eigenvalue weighted by molar-refractivity contribution is 5.60. The van der Waals surface area contributed by atoms with Crippen LogP contribution < -0.4 is 5.32 Å². The van der Waals surface area contributed by atoms with Crippen molar-refractivity contribution in [3.8, 4) is 0 Å². The SMILES string of the molecule is CCn1nc(C)c([N+](=O)[O-])c1NC1CCC(C)C(C)C1. The molecule has 1 aromatic rings. The smallest absolute Gasteiger partial charge is 0.333 e. The number of anilines is 1. The third kappa shape index (κ3) is 2.78. The van der Waals surface area contributed by atoms with Crippen LogP contribution in [0.3, 0.4) is 0 Å². The van der Waals surface area contributed by atoms with Gasteiger partial charge in [-0.1, -0.05) is 13.8 Å². The number of rotatable bonds is 4. The van der Waals surface area contributed by atoms with Gasteiger partial charge in [-0.3, -0.25) is 10.1 Å². The molecule has 3 atom stereocenters. The first-order chi connectivity index (χ1) is 9.43. The second-order valence-corrected chi connectivity index (χ2v) is 5.96. The van der Waals surface area contributed by atoms with Crippen molar-refractivity contribution in [2.45, 2.75) is 59.5 Å². The quantitative estimate of drug-likeness (QED) is 0.678. The molecule has 6 nitrogen and oxygen atoms in total. The third-order valence-corrected chi connectivity index (χ3v) is 4.52. The van der Waals surface area contributed by atoms with Crippen LogP contribution in [0, 0.1) is 28.9 Å². The molecule has 0 spiro atoms. The number of aryl methyl sites for hydroxylation is 2. The Hall–Kier alpha value is -1.59. The average Bonchev–Trinajstić information content (AvgIpc) is 2.70. The fraction of sp³-hybridized carbons (Fsp3) is 0.786. The Labute approximate surface area is 119 Å². The van der Waals surface area contributed by atoms with E-state index in [9.17, 15) is 10.1 Å². The van der Waals surface area contributed by atoms with E-state index in [1.807, 2.05) is 6.92 Å². The zero-order chi connectivity index (χ0) is 14.9. The molecule has 20 heavy (non-hydrogen) atoms. The van der Waals surface area contributed by atoms with Crippen LogP contribution in [0.15, 0.2) is 0 Å². The van der Waals surface area contributed by atoms with Crippen molar-refractivity contribution in [1.29, 1.82) is 0 Å². The summed E-state index contributed by atoms with van der Waals surface area (Å²) < 4.78 is 1.70. The number of nitrogens with one attached hydrogen (secondary N) is 1. The Kier molecular flexibility index (Phi) is 4.30. The maximum absolute atomic E-state index is 11.2. The highest BCUT2D eigenvalue weighted by Crippen LogP contribution is 2.34. The van der Waals surface area contributed by atoms with Gasteiger partial charge in [0.2, 0.25) is 5.82 Å². The normalized spacial score (nSPS) is 26.5. The molecule has 1 aliphatic carbocycles. The van der Waals surface area contributed by atoms with Gasteiger partial charge < -0.3 is 5.32 Å². The van der Waals surface area contributed by atoms with Crippen molar-refractivity contribution >= 4 is 11.5 Å². The van der Waals surface area contributed by atoms with Gasteiger partial charge in [0, 0.05) is 12.6 Å². The first kappa shape index (κ1) is 14.8. The fourth-order valence-corrected chi connectivity index (χ4v) is 3.03. The Balaban J connectivity index is 2.22. The summed E-state index contributed by atoms with van der Waals surface area (Å²) in [5.74, 6) is 1.96. The monoisotopic (exact) mass is 280 g/mol. The van der Waals surface area contributed by atoms with Gasteiger partial charge in [-0.2, -0.15) is 5.10 Å². The van der Waals surface area contributed by atoms with Gasteiger partial charge in [-0.15, -0.1) is 0 Å². The van der Waals surface area contributed by atoms with E-state index in [1.165, 1.54) is 6.42 Å². The van der Waals surface area contributed by atoms with Crippen LogP contribution >= 0.6 is 0 Å². The van der Waals surface area contributed by atoms with Gasteiger partial charge in [0.1, 0.15) is 5.69 Å². The molecule has 0 amide bonds. The lowest BCUT2D eigenvalue weighted by atomic mass is 9.79. The van der Waals surface area contributed by atoms with E-state index in [2.05, 4.69) is 24.3 Å². The summed E-state index contributed by atoms with van der Waals surface area (Å²) >= 11 is 0. The summed E-state index contributed by atoms with van der Waals surface area (Å²) in [5.41, 5.74) is 0.606. The number of nitrogens with zero attached hydrogens (tertiary/aromatic N) is 3. The van der Waals surface area contributed by atoms with E-state index in [-0.39, 0.29) is 10.6 Å². The highest BCUT2D eigenvalue weighted by Gasteiger charge is 2.30. The van der Waals surface area contributed by atoms with E-state index >= 15 is 0 Å². The van der Waals surface area contributed by atoms with Crippen LogP contribution in [0.25, 0.3) is 0 Å². The molecule has 0 saturated heterocycles. The predicted molar refractivity (Wildman–Crippen MR) is 78.9 cm³/mol. The van der Waals surface area contributed by atoms with Gasteiger partial charge in [0.15, 0.2) is 0 Å². The van der Waals surface area contributed by atoms with Gasteiger partial charge in [0.05, 0.1) is 4.92 Å². The lowest BCUT2D eigenvalue weighted by Gasteiger charge is -2.32. The van der Waals surface area contributed by atoms with Crippen LogP contribution in [0.4, 0.5) is 11.5 Å². The molecule has 1 N–H and O–H groups in total. The van der Waals surface area contributed by atoms with Crippen LogP contribution in [0.2, 0.25) is 0 Å². The van der Waals surface area contributed by atoms with Gasteiger partial charge in [-0.25, -0.2) is 4.68 Å². The van der Waals surface area contributed by atoms with E-state index in [0.29, 0.717) is 30.0 Å². The summed E-state index contributed by atoms with van der Waals surface area (Å²) in [6.07, 6.45) is 3.30. The molecule has 6 heteroatoms. The van der Waals surface area contributed by atoms with E-state index in [0.717, 1.165) is 18.8 Å². The number of nitro groups is 1. The number of hydrogen-bond donors (Lipinski definition) is 1. The highest BCUT2D eigenvalue weighted by atomic mass is 16.6. The minimum absolute atomic E-state index is 0.123. The fourth-order valence-electron chi connectivity index (χ4n) is 3.03. The molecule has 0 radical (unpaired) electrons. The Morgan fingerprint density at radius 1 is 1.40 bits per heavy atom. The number of aromatic nitrogens is 2. The molecule has 1 aliphatic rings. The lowest BCUT2D eigenvalue weighted by molar-refractivity contribution is -0.384. The van der Waals surface area contributed by atoms with E-state index < -0.39 is 0 Å². The molecule has 0 aromatic carbocycles. The van der Waals surface area contributed by atoms with Crippen molar-refractivity contribution in [2.24, 2.45) is 11.8 Å². The molecular formula is C14H24N4O2.